The van der Waals surface area contributed by atoms with Gasteiger partial charge in [0.2, 0.25) is 0 Å². The van der Waals surface area contributed by atoms with E-state index in [2.05, 4.69) is 5.32 Å². The predicted molar refractivity (Wildman–Crippen MR) is 107 cm³/mol. The molecule has 2 aromatic carbocycles. The van der Waals surface area contributed by atoms with Gasteiger partial charge in [0.15, 0.2) is 6.04 Å². The summed E-state index contributed by atoms with van der Waals surface area (Å²) >= 11 is 5.93. The van der Waals surface area contributed by atoms with Crippen LogP contribution >= 0.6 is 11.6 Å². The number of amides is 1. The van der Waals surface area contributed by atoms with E-state index in [4.69, 9.17) is 20.8 Å². The molecule has 0 bridgehead atoms. The molecule has 1 amide bonds. The van der Waals surface area contributed by atoms with Crippen molar-refractivity contribution in [2.24, 2.45) is 0 Å². The first-order valence-corrected chi connectivity index (χ1v) is 9.13. The summed E-state index contributed by atoms with van der Waals surface area (Å²) in [6, 6.07) is 9.65. The van der Waals surface area contributed by atoms with Gasteiger partial charge in [0.1, 0.15) is 11.1 Å². The highest BCUT2D eigenvalue weighted by atomic mass is 35.5. The lowest BCUT2D eigenvalue weighted by molar-refractivity contribution is -0.384. The Hall–Kier alpha value is -3.72. The second-order valence-corrected chi connectivity index (χ2v) is 6.58. The predicted octanol–water partition coefficient (Wildman–Crippen LogP) is 3.39. The standard InChI is InChI=1S/C20H15ClN2O7/c1-2-29-20(26)17(11-4-3-5-14(9-11)23(27)28)22-18(24)15-10-12-8-13(21)6-7-16(12)30-19(15)25/h3-10,17H,2H2,1H3,(H,22,24). The largest absolute Gasteiger partial charge is 0.464 e. The molecule has 0 radical (unpaired) electrons. The van der Waals surface area contributed by atoms with Crippen LogP contribution in [-0.4, -0.2) is 23.4 Å². The molecule has 1 atom stereocenters. The van der Waals surface area contributed by atoms with Crippen LogP contribution in [0.25, 0.3) is 11.0 Å². The molecule has 154 valence electrons. The third-order valence-corrected chi connectivity index (χ3v) is 4.39. The third-order valence-electron chi connectivity index (χ3n) is 4.15. The Bertz CT molecular complexity index is 1210. The van der Waals surface area contributed by atoms with Crippen molar-refractivity contribution in [1.29, 1.82) is 0 Å². The summed E-state index contributed by atoms with van der Waals surface area (Å²) in [6.07, 6.45) is 0. The summed E-state index contributed by atoms with van der Waals surface area (Å²) in [7, 11) is 0. The van der Waals surface area contributed by atoms with Crippen molar-refractivity contribution in [3.05, 3.63) is 85.2 Å². The number of nitrogens with zero attached hydrogens (tertiary/aromatic N) is 1. The quantitative estimate of drug-likeness (QED) is 0.274. The molecule has 10 heteroatoms. The smallest absolute Gasteiger partial charge is 0.349 e. The first-order valence-electron chi connectivity index (χ1n) is 8.75. The van der Waals surface area contributed by atoms with E-state index >= 15 is 0 Å². The molecular formula is C20H15ClN2O7. The zero-order valence-electron chi connectivity index (χ0n) is 15.6. The first kappa shape index (κ1) is 21.0. The van der Waals surface area contributed by atoms with E-state index in [1.54, 1.807) is 6.92 Å². The highest BCUT2D eigenvalue weighted by molar-refractivity contribution is 6.31. The number of nitro groups is 1. The van der Waals surface area contributed by atoms with Gasteiger partial charge in [-0.05, 0) is 36.8 Å². The molecule has 0 spiro atoms. The third kappa shape index (κ3) is 4.47. The molecule has 0 aliphatic rings. The summed E-state index contributed by atoms with van der Waals surface area (Å²) in [5.41, 5.74) is -1.17. The number of carbonyl (C=O) groups is 2. The Kier molecular flexibility index (Phi) is 6.12. The van der Waals surface area contributed by atoms with Crippen molar-refractivity contribution in [2.45, 2.75) is 13.0 Å². The normalized spacial score (nSPS) is 11.7. The monoisotopic (exact) mass is 430 g/mol. The number of nitrogens with one attached hydrogen (secondary N) is 1. The maximum Gasteiger partial charge on any atom is 0.349 e. The second-order valence-electron chi connectivity index (χ2n) is 6.14. The molecule has 30 heavy (non-hydrogen) atoms. The summed E-state index contributed by atoms with van der Waals surface area (Å²) in [4.78, 5) is 47.8. The van der Waals surface area contributed by atoms with Crippen LogP contribution in [0.4, 0.5) is 5.69 Å². The van der Waals surface area contributed by atoms with Gasteiger partial charge in [-0.25, -0.2) is 9.59 Å². The number of ether oxygens (including phenoxy) is 1. The van der Waals surface area contributed by atoms with E-state index < -0.39 is 28.5 Å². The Morgan fingerprint density at radius 1 is 1.23 bits per heavy atom. The maximum atomic E-state index is 12.8. The second kappa shape index (κ2) is 8.75. The molecule has 1 heterocycles. The average molecular weight is 431 g/mol. The average Bonchev–Trinajstić information content (AvgIpc) is 2.71. The van der Waals surface area contributed by atoms with E-state index in [-0.39, 0.29) is 29.0 Å². The molecule has 3 rings (SSSR count). The van der Waals surface area contributed by atoms with Gasteiger partial charge in [0.25, 0.3) is 11.6 Å². The topological polar surface area (TPSA) is 129 Å². The SMILES string of the molecule is CCOC(=O)C(NC(=O)c1cc2cc(Cl)ccc2oc1=O)c1cccc([N+](=O)[O-])c1. The van der Waals surface area contributed by atoms with Crippen LogP contribution in [0.2, 0.25) is 5.02 Å². The van der Waals surface area contributed by atoms with Crippen molar-refractivity contribution < 1.29 is 23.7 Å². The number of nitro benzene ring substituents is 1. The number of halogens is 1. The number of fused-ring (bicyclic) bond motifs is 1. The Morgan fingerprint density at radius 3 is 2.70 bits per heavy atom. The van der Waals surface area contributed by atoms with Crippen molar-refractivity contribution in [2.75, 3.05) is 6.61 Å². The molecular weight excluding hydrogens is 416 g/mol. The van der Waals surface area contributed by atoms with Crippen molar-refractivity contribution in [3.63, 3.8) is 0 Å². The lowest BCUT2D eigenvalue weighted by atomic mass is 10.1. The summed E-state index contributed by atoms with van der Waals surface area (Å²) in [5, 5.41) is 14.2. The molecule has 0 fully saturated rings. The van der Waals surface area contributed by atoms with Crippen LogP contribution in [0.1, 0.15) is 28.9 Å². The lowest BCUT2D eigenvalue weighted by Crippen LogP contribution is -2.37. The minimum absolute atomic E-state index is 0.0245. The molecule has 1 aromatic heterocycles. The highest BCUT2D eigenvalue weighted by Crippen LogP contribution is 2.22. The highest BCUT2D eigenvalue weighted by Gasteiger charge is 2.27. The fourth-order valence-corrected chi connectivity index (χ4v) is 2.96. The minimum Gasteiger partial charge on any atom is -0.464 e. The molecule has 1 unspecified atom stereocenters. The van der Waals surface area contributed by atoms with E-state index in [1.165, 1.54) is 42.5 Å². The van der Waals surface area contributed by atoms with E-state index in [1.807, 2.05) is 0 Å². The van der Waals surface area contributed by atoms with Gasteiger partial charge in [-0.2, -0.15) is 0 Å². The van der Waals surface area contributed by atoms with Gasteiger partial charge in [0.05, 0.1) is 11.5 Å². The lowest BCUT2D eigenvalue weighted by Gasteiger charge is -2.17. The van der Waals surface area contributed by atoms with Gasteiger partial charge in [-0.15, -0.1) is 0 Å². The van der Waals surface area contributed by atoms with E-state index in [0.717, 1.165) is 6.07 Å². The molecule has 0 saturated carbocycles. The summed E-state index contributed by atoms with van der Waals surface area (Å²) in [5.74, 6) is -1.74. The zero-order chi connectivity index (χ0) is 21.8. The molecule has 1 N–H and O–H groups in total. The molecule has 0 aliphatic heterocycles. The summed E-state index contributed by atoms with van der Waals surface area (Å²) < 4.78 is 10.1. The fourth-order valence-electron chi connectivity index (χ4n) is 2.78. The minimum atomic E-state index is -1.37. The number of esters is 1. The van der Waals surface area contributed by atoms with Gasteiger partial charge in [-0.3, -0.25) is 14.9 Å². The van der Waals surface area contributed by atoms with Crippen LogP contribution in [0, 0.1) is 10.1 Å². The number of hydrogen-bond acceptors (Lipinski definition) is 7. The number of carbonyl (C=O) groups excluding carboxylic acids is 2. The number of hydrogen-bond donors (Lipinski definition) is 1. The molecule has 3 aromatic rings. The van der Waals surface area contributed by atoms with Gasteiger partial charge in [-0.1, -0.05) is 23.7 Å². The van der Waals surface area contributed by atoms with Crippen molar-refractivity contribution in [1.82, 2.24) is 5.32 Å². The fraction of sp³-hybridized carbons (Fsp3) is 0.150. The molecule has 9 nitrogen and oxygen atoms in total. The van der Waals surface area contributed by atoms with Crippen molar-refractivity contribution in [3.8, 4) is 0 Å². The molecule has 0 aliphatic carbocycles. The zero-order valence-corrected chi connectivity index (χ0v) is 16.3. The van der Waals surface area contributed by atoms with Gasteiger partial charge in [0, 0.05) is 22.5 Å². The van der Waals surface area contributed by atoms with Crippen LogP contribution in [0.15, 0.2) is 57.7 Å². The first-order chi connectivity index (χ1) is 14.3. The number of benzene rings is 2. The Balaban J connectivity index is 1.99. The maximum absolute atomic E-state index is 12.8. The van der Waals surface area contributed by atoms with E-state index in [0.29, 0.717) is 10.4 Å². The number of rotatable bonds is 6. The van der Waals surface area contributed by atoms with Crippen molar-refractivity contribution >= 4 is 40.1 Å². The van der Waals surface area contributed by atoms with Gasteiger partial charge < -0.3 is 14.5 Å². The van der Waals surface area contributed by atoms with Crippen LogP contribution in [0.5, 0.6) is 0 Å². The number of non-ortho nitro benzene ring substituents is 1. The van der Waals surface area contributed by atoms with Crippen LogP contribution in [0.3, 0.4) is 0 Å². The Labute approximate surface area is 174 Å². The summed E-state index contributed by atoms with van der Waals surface area (Å²) in [6.45, 7) is 1.60. The van der Waals surface area contributed by atoms with Crippen LogP contribution in [-0.2, 0) is 9.53 Å². The molecule has 0 saturated heterocycles. The van der Waals surface area contributed by atoms with E-state index in [9.17, 15) is 24.5 Å². The Morgan fingerprint density at radius 2 is 2.00 bits per heavy atom. The van der Waals surface area contributed by atoms with Crippen LogP contribution < -0.4 is 10.9 Å². The van der Waals surface area contributed by atoms with Gasteiger partial charge >= 0.3 is 11.6 Å².